The highest BCUT2D eigenvalue weighted by molar-refractivity contribution is 5.79. The number of alkyl halides is 2. The molecule has 2 N–H and O–H groups in total. The predicted octanol–water partition coefficient (Wildman–Crippen LogP) is 3.54. The van der Waals surface area contributed by atoms with Crippen LogP contribution in [0, 0.1) is 5.82 Å². The quantitative estimate of drug-likeness (QED) is 0.380. The fourth-order valence-electron chi connectivity index (χ4n) is 2.98. The van der Waals surface area contributed by atoms with Crippen molar-refractivity contribution >= 4 is 40.7 Å². The molecule has 2 heterocycles. The largest absolute Gasteiger partial charge is 0.496 e. The van der Waals surface area contributed by atoms with E-state index < -0.39 is 18.0 Å². The molecule has 0 saturated heterocycles. The van der Waals surface area contributed by atoms with Crippen LogP contribution in [0.15, 0.2) is 51.8 Å². The average Bonchev–Trinajstić information content (AvgIpc) is 3.11. The summed E-state index contributed by atoms with van der Waals surface area (Å²) in [7, 11) is 1.28. The lowest BCUT2D eigenvalue weighted by atomic mass is 10.2. The summed E-state index contributed by atoms with van der Waals surface area (Å²) in [6.45, 7) is 0.0527. The fourth-order valence-corrected chi connectivity index (χ4v) is 2.98. The number of benzene rings is 2. The molecule has 4 aromatic rings. The van der Waals surface area contributed by atoms with Gasteiger partial charge in [-0.1, -0.05) is 4.73 Å². The maximum atomic E-state index is 14.3. The Kier molecular flexibility index (Phi) is 5.85. The van der Waals surface area contributed by atoms with Crippen LogP contribution in [0.3, 0.4) is 0 Å². The Morgan fingerprint density at radius 1 is 1.15 bits per heavy atom. The molecule has 0 atom stereocenters. The minimum absolute atomic E-state index is 0.0182. The molecule has 0 bridgehead atoms. The van der Waals surface area contributed by atoms with Gasteiger partial charge in [0.25, 0.3) is 6.43 Å². The number of hydrogen-bond donors (Lipinski definition) is 2. The Morgan fingerprint density at radius 2 is 1.91 bits per heavy atom. The predicted molar refractivity (Wildman–Crippen MR) is 110 cm³/mol. The van der Waals surface area contributed by atoms with Gasteiger partial charge in [-0.25, -0.2) is 22.9 Å². The number of aromatic nitrogens is 3. The Morgan fingerprint density at radius 3 is 2.64 bits per heavy atom. The van der Waals surface area contributed by atoms with Crippen LogP contribution in [0.25, 0.3) is 11.1 Å². The molecular formula is C20H14F3N5O5. The van der Waals surface area contributed by atoms with Crippen molar-refractivity contribution in [3.05, 3.63) is 64.5 Å². The Balaban J connectivity index is 1.62. The highest BCUT2D eigenvalue weighted by Gasteiger charge is 2.16. The second-order valence-corrected chi connectivity index (χ2v) is 6.44. The molecule has 0 radical (unpaired) electrons. The van der Waals surface area contributed by atoms with E-state index in [1.807, 2.05) is 0 Å². The highest BCUT2D eigenvalue weighted by atomic mass is 19.3. The van der Waals surface area contributed by atoms with Crippen LogP contribution in [0.2, 0.25) is 0 Å². The Bertz CT molecular complexity index is 1390. The van der Waals surface area contributed by atoms with E-state index in [4.69, 9.17) is 9.15 Å². The van der Waals surface area contributed by atoms with E-state index >= 15 is 0 Å². The summed E-state index contributed by atoms with van der Waals surface area (Å²) in [6.07, 6.45) is -1.89. The van der Waals surface area contributed by atoms with Gasteiger partial charge in [-0.15, -0.1) is 0 Å². The number of halogens is 3. The Labute approximate surface area is 182 Å². The molecule has 0 unspecified atom stereocenters. The molecule has 0 fully saturated rings. The average molecular weight is 461 g/mol. The summed E-state index contributed by atoms with van der Waals surface area (Å²) in [5.41, 5.74) is 0.424. The minimum Gasteiger partial charge on any atom is -0.496 e. The van der Waals surface area contributed by atoms with E-state index in [0.717, 1.165) is 6.20 Å². The Hall–Kier alpha value is -4.55. The number of carbonyl (C=O) groups is 1. The number of oxazole rings is 1. The first-order valence-corrected chi connectivity index (χ1v) is 9.18. The molecule has 0 aliphatic heterocycles. The molecule has 2 aromatic heterocycles. The number of nitrogens with one attached hydrogen (secondary N) is 2. The second-order valence-electron chi connectivity index (χ2n) is 6.44. The second kappa shape index (κ2) is 8.90. The number of ether oxygens (including phenoxy) is 1. The summed E-state index contributed by atoms with van der Waals surface area (Å²) in [5.74, 6) is -2.03. The normalized spacial score (nSPS) is 10.9. The number of rotatable bonds is 8. The molecule has 0 aliphatic carbocycles. The third-order valence-corrected chi connectivity index (χ3v) is 4.42. The van der Waals surface area contributed by atoms with E-state index in [0.29, 0.717) is 4.73 Å². The van der Waals surface area contributed by atoms with Crippen LogP contribution in [0.4, 0.5) is 36.3 Å². The van der Waals surface area contributed by atoms with Crippen molar-refractivity contribution in [2.75, 3.05) is 17.7 Å². The molecule has 0 aliphatic rings. The van der Waals surface area contributed by atoms with Crippen molar-refractivity contribution in [3.63, 3.8) is 0 Å². The number of carbonyl (C=O) groups excluding carboxylic acids is 1. The maximum Gasteiger partial charge on any atom is 0.453 e. The van der Waals surface area contributed by atoms with Gasteiger partial charge in [0, 0.05) is 11.4 Å². The van der Waals surface area contributed by atoms with Crippen molar-refractivity contribution in [1.29, 1.82) is 0 Å². The van der Waals surface area contributed by atoms with Gasteiger partial charge in [-0.2, -0.15) is 4.98 Å². The van der Waals surface area contributed by atoms with Crippen LogP contribution < -0.4 is 26.0 Å². The van der Waals surface area contributed by atoms with Crippen LogP contribution >= 0.6 is 0 Å². The SMILES string of the molecule is COc1ccc(Nc2ncc(F)c(Nc3ccc4oc(=O)n(OC=O)c4c3)n2)cc1C(F)F. The molecule has 2 aromatic carbocycles. The first-order valence-electron chi connectivity index (χ1n) is 9.18. The van der Waals surface area contributed by atoms with E-state index in [1.165, 1.54) is 43.5 Å². The van der Waals surface area contributed by atoms with Gasteiger partial charge >= 0.3 is 12.2 Å². The van der Waals surface area contributed by atoms with Crippen LogP contribution in [-0.2, 0) is 4.79 Å². The number of anilines is 4. The summed E-state index contributed by atoms with van der Waals surface area (Å²) in [6, 6.07) is 8.26. The zero-order chi connectivity index (χ0) is 23.5. The standard InChI is InChI=1S/C20H14F3N5O5/c1-31-15-4-2-10(6-12(15)17(22)23)26-19-24-8-13(21)18(27-19)25-11-3-5-16-14(7-11)28(32-9-29)20(30)33-16/h2-9,17H,1H3,(H2,24,25,26,27). The number of methoxy groups -OCH3 is 1. The van der Waals surface area contributed by atoms with Crippen molar-refractivity contribution in [3.8, 4) is 5.75 Å². The lowest BCUT2D eigenvalue weighted by Crippen LogP contribution is -2.21. The van der Waals surface area contributed by atoms with Gasteiger partial charge in [0.1, 0.15) is 11.3 Å². The van der Waals surface area contributed by atoms with E-state index in [2.05, 4.69) is 25.4 Å². The van der Waals surface area contributed by atoms with Crippen molar-refractivity contribution in [1.82, 2.24) is 14.7 Å². The molecule has 10 nitrogen and oxygen atoms in total. The van der Waals surface area contributed by atoms with Crippen molar-refractivity contribution < 1.29 is 32.0 Å². The zero-order valence-electron chi connectivity index (χ0n) is 16.7. The molecule has 170 valence electrons. The smallest absolute Gasteiger partial charge is 0.453 e. The number of nitrogens with zero attached hydrogens (tertiary/aromatic N) is 3. The van der Waals surface area contributed by atoms with Crippen molar-refractivity contribution in [2.45, 2.75) is 6.43 Å². The third-order valence-electron chi connectivity index (χ3n) is 4.42. The summed E-state index contributed by atoms with van der Waals surface area (Å²) >= 11 is 0. The maximum absolute atomic E-state index is 14.3. The monoisotopic (exact) mass is 461 g/mol. The van der Waals surface area contributed by atoms with Crippen molar-refractivity contribution in [2.24, 2.45) is 0 Å². The number of hydrogen-bond acceptors (Lipinski definition) is 9. The molecule has 13 heteroatoms. The van der Waals surface area contributed by atoms with E-state index in [-0.39, 0.29) is 52.0 Å². The minimum atomic E-state index is -2.77. The summed E-state index contributed by atoms with van der Waals surface area (Å²) < 4.78 is 51.2. The summed E-state index contributed by atoms with van der Waals surface area (Å²) in [4.78, 5) is 34.7. The zero-order valence-corrected chi connectivity index (χ0v) is 16.7. The molecule has 4 rings (SSSR count). The van der Waals surface area contributed by atoms with Gasteiger partial charge in [0.2, 0.25) is 5.95 Å². The molecular weight excluding hydrogens is 447 g/mol. The molecule has 33 heavy (non-hydrogen) atoms. The van der Waals surface area contributed by atoms with E-state index in [1.54, 1.807) is 0 Å². The first kappa shape index (κ1) is 21.7. The topological polar surface area (TPSA) is 121 Å². The fraction of sp³-hybridized carbons (Fsp3) is 0.100. The first-order chi connectivity index (χ1) is 15.9. The lowest BCUT2D eigenvalue weighted by molar-refractivity contribution is -0.129. The van der Waals surface area contributed by atoms with Gasteiger partial charge in [0.15, 0.2) is 17.2 Å². The van der Waals surface area contributed by atoms with Gasteiger partial charge in [-0.3, -0.25) is 4.79 Å². The molecule has 0 spiro atoms. The van der Waals surface area contributed by atoms with E-state index in [9.17, 15) is 22.8 Å². The van der Waals surface area contributed by atoms with Crippen LogP contribution in [0.5, 0.6) is 5.75 Å². The van der Waals surface area contributed by atoms with Crippen LogP contribution in [-0.4, -0.2) is 28.3 Å². The van der Waals surface area contributed by atoms with Crippen LogP contribution in [0.1, 0.15) is 12.0 Å². The van der Waals surface area contributed by atoms with Gasteiger partial charge in [-0.05, 0) is 36.4 Å². The third kappa shape index (κ3) is 4.42. The molecule has 0 saturated carbocycles. The lowest BCUT2D eigenvalue weighted by Gasteiger charge is -2.12. The highest BCUT2D eigenvalue weighted by Crippen LogP contribution is 2.32. The van der Waals surface area contributed by atoms with Gasteiger partial charge in [0.05, 0.1) is 18.9 Å². The molecule has 0 amide bonds. The summed E-state index contributed by atoms with van der Waals surface area (Å²) in [5, 5.41) is 5.44. The van der Waals surface area contributed by atoms with Gasteiger partial charge < -0.3 is 24.6 Å². The number of fused-ring (bicyclic) bond motifs is 1.